The Labute approximate surface area is 96.5 Å². The molecule has 4 heteroatoms. The molecule has 0 saturated heterocycles. The maximum absolute atomic E-state index is 4.57. The average Bonchev–Trinajstić information content (AvgIpc) is 2.66. The number of anilines is 1. The van der Waals surface area contributed by atoms with E-state index in [9.17, 15) is 0 Å². The molecule has 1 aromatic heterocycles. The molecule has 1 unspecified atom stereocenters. The van der Waals surface area contributed by atoms with Crippen LogP contribution in [0.5, 0.6) is 0 Å². The topological polar surface area (TPSA) is 28.2 Å². The molecular formula is C11H21N3S. The largest absolute Gasteiger partial charge is 0.351 e. The monoisotopic (exact) mass is 227 g/mol. The van der Waals surface area contributed by atoms with E-state index in [2.05, 4.69) is 41.5 Å². The fourth-order valence-corrected chi connectivity index (χ4v) is 2.48. The first-order valence-corrected chi connectivity index (χ1v) is 6.35. The lowest BCUT2D eigenvalue weighted by Crippen LogP contribution is -2.29. The first kappa shape index (κ1) is 12.5. The Balaban J connectivity index is 2.49. The van der Waals surface area contributed by atoms with Crippen molar-refractivity contribution in [2.24, 2.45) is 5.92 Å². The molecule has 3 nitrogen and oxygen atoms in total. The molecule has 1 heterocycles. The second-order valence-electron chi connectivity index (χ2n) is 4.02. The van der Waals surface area contributed by atoms with Crippen LogP contribution in [0.3, 0.4) is 0 Å². The number of rotatable bonds is 6. The third-order valence-electron chi connectivity index (χ3n) is 2.37. The van der Waals surface area contributed by atoms with E-state index in [1.807, 2.05) is 7.05 Å². The van der Waals surface area contributed by atoms with Crippen molar-refractivity contribution in [1.82, 2.24) is 10.3 Å². The molecule has 1 rings (SSSR count). The molecule has 0 spiro atoms. The lowest BCUT2D eigenvalue weighted by molar-refractivity contribution is 0.542. The molecule has 0 bridgehead atoms. The molecule has 1 N–H and O–H groups in total. The van der Waals surface area contributed by atoms with Gasteiger partial charge in [-0.15, -0.1) is 11.3 Å². The minimum absolute atomic E-state index is 0.647. The van der Waals surface area contributed by atoms with Crippen molar-refractivity contribution in [3.63, 3.8) is 0 Å². The van der Waals surface area contributed by atoms with E-state index in [1.54, 1.807) is 11.3 Å². The third kappa shape index (κ3) is 3.80. The van der Waals surface area contributed by atoms with E-state index in [0.717, 1.165) is 24.6 Å². The van der Waals surface area contributed by atoms with Gasteiger partial charge >= 0.3 is 0 Å². The van der Waals surface area contributed by atoms with Crippen LogP contribution >= 0.6 is 11.3 Å². The lowest BCUT2D eigenvalue weighted by Gasteiger charge is -2.20. The van der Waals surface area contributed by atoms with E-state index < -0.39 is 0 Å². The van der Waals surface area contributed by atoms with Gasteiger partial charge in [0.1, 0.15) is 0 Å². The van der Waals surface area contributed by atoms with Gasteiger partial charge in [0.2, 0.25) is 0 Å². The fraction of sp³-hybridized carbons (Fsp3) is 0.727. The standard InChI is InChI=1S/C11H21N3S/c1-5-10-8-15-11(13-10)14(4)7-9(2)6-12-3/h8-9,12H,5-7H2,1-4H3. The molecule has 1 atom stereocenters. The molecule has 0 amide bonds. The molecule has 86 valence electrons. The average molecular weight is 227 g/mol. The number of thiazole rings is 1. The SMILES string of the molecule is CCc1csc(N(C)CC(C)CNC)n1. The van der Waals surface area contributed by atoms with Gasteiger partial charge < -0.3 is 10.2 Å². The van der Waals surface area contributed by atoms with E-state index >= 15 is 0 Å². The highest BCUT2D eigenvalue weighted by atomic mass is 32.1. The zero-order chi connectivity index (χ0) is 11.3. The van der Waals surface area contributed by atoms with E-state index in [0.29, 0.717) is 5.92 Å². The summed E-state index contributed by atoms with van der Waals surface area (Å²) in [5.41, 5.74) is 1.20. The van der Waals surface area contributed by atoms with Gasteiger partial charge in [0.25, 0.3) is 0 Å². The molecule has 0 radical (unpaired) electrons. The van der Waals surface area contributed by atoms with Crippen molar-refractivity contribution in [3.05, 3.63) is 11.1 Å². The maximum atomic E-state index is 4.57. The van der Waals surface area contributed by atoms with Gasteiger partial charge in [0, 0.05) is 19.0 Å². The number of aromatic nitrogens is 1. The third-order valence-corrected chi connectivity index (χ3v) is 3.37. The van der Waals surface area contributed by atoms with Crippen molar-refractivity contribution in [3.8, 4) is 0 Å². The number of hydrogen-bond donors (Lipinski definition) is 1. The summed E-state index contributed by atoms with van der Waals surface area (Å²) < 4.78 is 0. The Morgan fingerprint density at radius 3 is 2.87 bits per heavy atom. The Morgan fingerprint density at radius 1 is 1.60 bits per heavy atom. The summed E-state index contributed by atoms with van der Waals surface area (Å²) >= 11 is 1.74. The van der Waals surface area contributed by atoms with Crippen LogP contribution in [0.25, 0.3) is 0 Å². The summed E-state index contributed by atoms with van der Waals surface area (Å²) in [5.74, 6) is 0.647. The van der Waals surface area contributed by atoms with Gasteiger partial charge in [-0.3, -0.25) is 0 Å². The summed E-state index contributed by atoms with van der Waals surface area (Å²) in [4.78, 5) is 6.81. The van der Waals surface area contributed by atoms with Gasteiger partial charge in [-0.1, -0.05) is 13.8 Å². The van der Waals surface area contributed by atoms with Gasteiger partial charge in [0.15, 0.2) is 5.13 Å². The van der Waals surface area contributed by atoms with Gasteiger partial charge in [-0.05, 0) is 25.9 Å². The molecule has 0 aromatic carbocycles. The van der Waals surface area contributed by atoms with Gasteiger partial charge in [-0.25, -0.2) is 4.98 Å². The van der Waals surface area contributed by atoms with E-state index in [4.69, 9.17) is 0 Å². The van der Waals surface area contributed by atoms with E-state index in [1.165, 1.54) is 5.69 Å². The fourth-order valence-electron chi connectivity index (χ4n) is 1.59. The number of hydrogen-bond acceptors (Lipinski definition) is 4. The van der Waals surface area contributed by atoms with Gasteiger partial charge in [0.05, 0.1) is 5.69 Å². The Bertz CT molecular complexity index is 285. The maximum Gasteiger partial charge on any atom is 0.185 e. The molecular weight excluding hydrogens is 206 g/mol. The van der Waals surface area contributed by atoms with Crippen LogP contribution in [-0.2, 0) is 6.42 Å². The summed E-state index contributed by atoms with van der Waals surface area (Å²) in [7, 11) is 4.11. The first-order chi connectivity index (χ1) is 7.17. The molecule has 15 heavy (non-hydrogen) atoms. The highest BCUT2D eigenvalue weighted by molar-refractivity contribution is 7.13. The predicted octanol–water partition coefficient (Wildman–Crippen LogP) is 2.00. The van der Waals surface area contributed by atoms with Crippen LogP contribution in [0.15, 0.2) is 5.38 Å². The minimum atomic E-state index is 0.647. The predicted molar refractivity (Wildman–Crippen MR) is 67.9 cm³/mol. The van der Waals surface area contributed by atoms with Crippen molar-refractivity contribution < 1.29 is 0 Å². The minimum Gasteiger partial charge on any atom is -0.351 e. The molecule has 0 aliphatic carbocycles. The van der Waals surface area contributed by atoms with Crippen LogP contribution in [0.1, 0.15) is 19.5 Å². The first-order valence-electron chi connectivity index (χ1n) is 5.47. The number of nitrogens with one attached hydrogen (secondary N) is 1. The number of aryl methyl sites for hydroxylation is 1. The molecule has 0 aliphatic heterocycles. The molecule has 0 aliphatic rings. The van der Waals surface area contributed by atoms with Crippen molar-refractivity contribution in [2.45, 2.75) is 20.3 Å². The summed E-state index contributed by atoms with van der Waals surface area (Å²) in [6.45, 7) is 6.50. The van der Waals surface area contributed by atoms with Crippen LogP contribution in [-0.4, -0.2) is 32.2 Å². The van der Waals surface area contributed by atoms with Crippen LogP contribution in [0, 0.1) is 5.92 Å². The Kier molecular flexibility index (Phi) is 5.05. The quantitative estimate of drug-likeness (QED) is 0.805. The summed E-state index contributed by atoms with van der Waals surface area (Å²) in [5, 5.41) is 6.48. The smallest absolute Gasteiger partial charge is 0.185 e. The second-order valence-corrected chi connectivity index (χ2v) is 4.85. The summed E-state index contributed by atoms with van der Waals surface area (Å²) in [6, 6.07) is 0. The van der Waals surface area contributed by atoms with E-state index in [-0.39, 0.29) is 0 Å². The number of nitrogens with zero attached hydrogens (tertiary/aromatic N) is 2. The summed E-state index contributed by atoms with van der Waals surface area (Å²) in [6.07, 6.45) is 1.02. The Hall–Kier alpha value is -0.610. The zero-order valence-electron chi connectivity index (χ0n) is 10.1. The lowest BCUT2D eigenvalue weighted by atomic mass is 10.2. The highest BCUT2D eigenvalue weighted by Gasteiger charge is 2.09. The van der Waals surface area contributed by atoms with Crippen molar-refractivity contribution in [1.29, 1.82) is 0 Å². The van der Waals surface area contributed by atoms with Gasteiger partial charge in [-0.2, -0.15) is 0 Å². The molecule has 1 aromatic rings. The van der Waals surface area contributed by atoms with Crippen molar-refractivity contribution in [2.75, 3.05) is 32.1 Å². The Morgan fingerprint density at radius 2 is 2.33 bits per heavy atom. The van der Waals surface area contributed by atoms with Crippen LogP contribution < -0.4 is 10.2 Å². The normalized spacial score (nSPS) is 12.8. The molecule has 0 fully saturated rings. The van der Waals surface area contributed by atoms with Crippen LogP contribution in [0.4, 0.5) is 5.13 Å². The second kappa shape index (κ2) is 6.08. The highest BCUT2D eigenvalue weighted by Crippen LogP contribution is 2.20. The van der Waals surface area contributed by atoms with Crippen molar-refractivity contribution >= 4 is 16.5 Å². The zero-order valence-corrected chi connectivity index (χ0v) is 10.9. The van der Waals surface area contributed by atoms with Crippen LogP contribution in [0.2, 0.25) is 0 Å². The molecule has 0 saturated carbocycles.